The highest BCUT2D eigenvalue weighted by atomic mass is 19.2. The maximum atomic E-state index is 13.6. The molecule has 0 saturated heterocycles. The van der Waals surface area contributed by atoms with Gasteiger partial charge in [0, 0.05) is 18.9 Å². The third kappa shape index (κ3) is 3.36. The van der Waals surface area contributed by atoms with Gasteiger partial charge in [-0.3, -0.25) is 0 Å². The lowest BCUT2D eigenvalue weighted by molar-refractivity contribution is -0.0530. The van der Waals surface area contributed by atoms with E-state index in [1.807, 2.05) is 0 Å². The van der Waals surface area contributed by atoms with Crippen molar-refractivity contribution in [1.29, 1.82) is 0 Å². The van der Waals surface area contributed by atoms with Gasteiger partial charge in [0.15, 0.2) is 29.9 Å². The molecule has 0 radical (unpaired) electrons. The quantitative estimate of drug-likeness (QED) is 0.659. The largest absolute Gasteiger partial charge is 0.449 e. The Hall–Kier alpha value is -1.74. The van der Waals surface area contributed by atoms with Crippen LogP contribution in [0.3, 0.4) is 0 Å². The second-order valence-corrected chi connectivity index (χ2v) is 4.75. The number of ether oxygens (including phenoxy) is 1. The van der Waals surface area contributed by atoms with Gasteiger partial charge in [0.25, 0.3) is 0 Å². The topological polar surface area (TPSA) is 62.0 Å². The Balaban J connectivity index is 2.25. The summed E-state index contributed by atoms with van der Waals surface area (Å²) in [7, 11) is 0. The molecule has 0 bridgehead atoms. The summed E-state index contributed by atoms with van der Waals surface area (Å²) in [5, 5.41) is 19.2. The van der Waals surface area contributed by atoms with E-state index >= 15 is 0 Å². The van der Waals surface area contributed by atoms with Crippen LogP contribution < -0.4 is 0 Å². The zero-order valence-electron chi connectivity index (χ0n) is 11.1. The maximum absolute atomic E-state index is 13.6. The predicted octanol–water partition coefficient (Wildman–Crippen LogP) is 2.14. The highest BCUT2D eigenvalue weighted by Gasteiger charge is 2.30. The van der Waals surface area contributed by atoms with E-state index in [0.717, 1.165) is 0 Å². The van der Waals surface area contributed by atoms with Crippen LogP contribution in [0, 0.1) is 23.3 Å². The number of aliphatic hydroxyl groups is 2. The van der Waals surface area contributed by atoms with Gasteiger partial charge in [0.05, 0.1) is 17.7 Å². The minimum absolute atomic E-state index is 0.0262. The van der Waals surface area contributed by atoms with Crippen LogP contribution in [0.4, 0.5) is 22.0 Å². The fourth-order valence-corrected chi connectivity index (χ4v) is 2.20. The Morgan fingerprint density at radius 1 is 1.23 bits per heavy atom. The van der Waals surface area contributed by atoms with E-state index in [9.17, 15) is 32.2 Å². The van der Waals surface area contributed by atoms with Gasteiger partial charge in [0.1, 0.15) is 0 Å². The number of hydrogen-bond donors (Lipinski definition) is 2. The molecule has 0 saturated carbocycles. The maximum Gasteiger partial charge on any atom is 0.218 e. The molecule has 4 nitrogen and oxygen atoms in total. The monoisotopic (exact) mass is 325 g/mol. The molecule has 0 aliphatic carbocycles. The van der Waals surface area contributed by atoms with Crippen LogP contribution in [0.1, 0.15) is 24.5 Å². The minimum Gasteiger partial charge on any atom is -0.449 e. The highest BCUT2D eigenvalue weighted by Crippen LogP contribution is 2.30. The molecule has 2 N–H and O–H groups in total. The molecule has 0 spiro atoms. The van der Waals surface area contributed by atoms with Gasteiger partial charge in [-0.15, -0.1) is 0 Å². The van der Waals surface area contributed by atoms with E-state index in [-0.39, 0.29) is 12.5 Å². The third-order valence-corrected chi connectivity index (χ3v) is 3.16. The molecule has 0 aromatic heterocycles. The number of nitrogens with zero attached hydrogens (tertiary/aromatic N) is 1. The van der Waals surface area contributed by atoms with Crippen molar-refractivity contribution in [2.75, 3.05) is 6.67 Å². The van der Waals surface area contributed by atoms with Crippen molar-refractivity contribution >= 4 is 5.90 Å². The molecule has 2 rings (SSSR count). The number of benzene rings is 1. The third-order valence-electron chi connectivity index (χ3n) is 3.16. The van der Waals surface area contributed by atoms with Gasteiger partial charge in [0.2, 0.25) is 12.2 Å². The van der Waals surface area contributed by atoms with Crippen LogP contribution in [-0.2, 0) is 4.74 Å². The predicted molar refractivity (Wildman–Crippen MR) is 64.8 cm³/mol. The molecule has 1 heterocycles. The van der Waals surface area contributed by atoms with Crippen molar-refractivity contribution < 1.29 is 36.9 Å². The second kappa shape index (κ2) is 6.57. The molecular weight excluding hydrogens is 313 g/mol. The number of halogens is 5. The first-order chi connectivity index (χ1) is 10.3. The van der Waals surface area contributed by atoms with Crippen LogP contribution in [0.15, 0.2) is 11.1 Å². The molecule has 122 valence electrons. The fraction of sp³-hybridized carbons (Fsp3) is 0.462. The lowest BCUT2D eigenvalue weighted by atomic mass is 9.98. The number of hydrogen-bond acceptors (Lipinski definition) is 4. The fourth-order valence-electron chi connectivity index (χ4n) is 2.20. The van der Waals surface area contributed by atoms with Gasteiger partial charge < -0.3 is 14.9 Å². The molecular formula is C13H12F5NO3. The van der Waals surface area contributed by atoms with Crippen molar-refractivity contribution in [3.8, 4) is 0 Å². The van der Waals surface area contributed by atoms with Gasteiger partial charge in [-0.25, -0.2) is 26.9 Å². The summed E-state index contributed by atoms with van der Waals surface area (Å²) in [5.41, 5.74) is -1.17. The van der Waals surface area contributed by atoms with E-state index < -0.39 is 66.3 Å². The summed E-state index contributed by atoms with van der Waals surface area (Å²) in [6, 6.07) is -0.895. The SMILES string of the molecule is OC1CC(CC(O)c2c(F)c(F)cc(F)c2F)N=C(CF)O1. The smallest absolute Gasteiger partial charge is 0.218 e. The highest BCUT2D eigenvalue weighted by molar-refractivity contribution is 5.78. The number of aliphatic imine (C=N–C) groups is 1. The molecule has 1 aliphatic heterocycles. The van der Waals surface area contributed by atoms with Crippen molar-refractivity contribution in [3.05, 3.63) is 34.9 Å². The summed E-state index contributed by atoms with van der Waals surface area (Å²) in [6.45, 7) is -1.11. The summed E-state index contributed by atoms with van der Waals surface area (Å²) in [4.78, 5) is 3.69. The summed E-state index contributed by atoms with van der Waals surface area (Å²) >= 11 is 0. The standard InChI is InChI=1S/C13H12F5NO3/c14-4-9-19-5(2-10(21)22-9)1-8(20)11-12(17)6(15)3-7(16)13(11)18/h3,5,8,10,20-21H,1-2,4H2. The van der Waals surface area contributed by atoms with Crippen LogP contribution in [0.5, 0.6) is 0 Å². The van der Waals surface area contributed by atoms with E-state index in [1.54, 1.807) is 0 Å². The number of alkyl halides is 1. The van der Waals surface area contributed by atoms with E-state index in [4.69, 9.17) is 0 Å². The molecule has 1 aromatic rings. The average molecular weight is 325 g/mol. The molecule has 22 heavy (non-hydrogen) atoms. The summed E-state index contributed by atoms with van der Waals surface area (Å²) < 4.78 is 70.4. The first kappa shape index (κ1) is 16.6. The Bertz CT molecular complexity index is 569. The van der Waals surface area contributed by atoms with Gasteiger partial charge in [-0.1, -0.05) is 0 Å². The first-order valence-electron chi connectivity index (χ1n) is 6.31. The zero-order chi connectivity index (χ0) is 16.4. The minimum atomic E-state index is -1.93. The van der Waals surface area contributed by atoms with Crippen molar-refractivity contribution in [3.63, 3.8) is 0 Å². The van der Waals surface area contributed by atoms with Crippen LogP contribution >= 0.6 is 0 Å². The van der Waals surface area contributed by atoms with Gasteiger partial charge in [-0.2, -0.15) is 0 Å². The average Bonchev–Trinajstić information content (AvgIpc) is 2.44. The Morgan fingerprint density at radius 2 is 1.82 bits per heavy atom. The molecule has 9 heteroatoms. The van der Waals surface area contributed by atoms with Gasteiger partial charge >= 0.3 is 0 Å². The van der Waals surface area contributed by atoms with Crippen LogP contribution in [-0.4, -0.2) is 35.1 Å². The van der Waals surface area contributed by atoms with Crippen LogP contribution in [0.25, 0.3) is 0 Å². The Kier molecular flexibility index (Phi) is 4.97. The molecule has 0 amide bonds. The zero-order valence-corrected chi connectivity index (χ0v) is 11.1. The second-order valence-electron chi connectivity index (χ2n) is 4.75. The molecule has 1 aromatic carbocycles. The number of aliphatic hydroxyl groups excluding tert-OH is 2. The molecule has 0 fully saturated rings. The van der Waals surface area contributed by atoms with Crippen molar-refractivity contribution in [1.82, 2.24) is 0 Å². The van der Waals surface area contributed by atoms with Gasteiger partial charge in [-0.05, 0) is 0 Å². The normalized spacial score (nSPS) is 23.0. The lowest BCUT2D eigenvalue weighted by Crippen LogP contribution is -2.31. The first-order valence-corrected chi connectivity index (χ1v) is 6.31. The van der Waals surface area contributed by atoms with Crippen LogP contribution in [0.2, 0.25) is 0 Å². The molecule has 3 atom stereocenters. The van der Waals surface area contributed by atoms with Crippen molar-refractivity contribution in [2.45, 2.75) is 31.3 Å². The van der Waals surface area contributed by atoms with E-state index in [1.165, 1.54) is 0 Å². The summed E-state index contributed by atoms with van der Waals surface area (Å²) in [5.74, 6) is -7.15. The molecule has 3 unspecified atom stereocenters. The molecule has 1 aliphatic rings. The summed E-state index contributed by atoms with van der Waals surface area (Å²) in [6.07, 6.45) is -3.95. The number of rotatable bonds is 4. The lowest BCUT2D eigenvalue weighted by Gasteiger charge is -2.26. The Morgan fingerprint density at radius 3 is 2.36 bits per heavy atom. The van der Waals surface area contributed by atoms with E-state index in [0.29, 0.717) is 0 Å². The van der Waals surface area contributed by atoms with E-state index in [2.05, 4.69) is 9.73 Å². The van der Waals surface area contributed by atoms with Crippen molar-refractivity contribution in [2.24, 2.45) is 4.99 Å². The Labute approximate surface area is 121 Å².